The first-order valence-electron chi connectivity index (χ1n) is 2.61. The Morgan fingerprint density at radius 2 is 2.11 bits per heavy atom. The van der Waals surface area contributed by atoms with Crippen LogP contribution in [0.1, 0.15) is 6.42 Å². The first-order chi connectivity index (χ1) is 4.22. The summed E-state index contributed by atoms with van der Waals surface area (Å²) in [5.41, 5.74) is 0.353. The van der Waals surface area contributed by atoms with Crippen LogP contribution < -0.4 is 0 Å². The summed E-state index contributed by atoms with van der Waals surface area (Å²) < 4.78 is 4.41. The van der Waals surface area contributed by atoms with Crippen LogP contribution in [-0.4, -0.2) is 18.4 Å². The summed E-state index contributed by atoms with van der Waals surface area (Å²) >= 11 is 0. The standard InChI is InChI=1S/C6H6O3/c1-4-2-3-9-6(8)5(4)7/h1-3H2. The van der Waals surface area contributed by atoms with Crippen molar-refractivity contribution in [1.82, 2.24) is 0 Å². The van der Waals surface area contributed by atoms with Crippen LogP contribution in [0.3, 0.4) is 0 Å². The molecule has 48 valence electrons. The number of carbonyl (C=O) groups excluding carboxylic acids is 2. The molecule has 0 atom stereocenters. The van der Waals surface area contributed by atoms with Gasteiger partial charge in [-0.15, -0.1) is 0 Å². The summed E-state index contributed by atoms with van der Waals surface area (Å²) in [6.07, 6.45) is 0.477. The highest BCUT2D eigenvalue weighted by Crippen LogP contribution is 2.07. The van der Waals surface area contributed by atoms with Gasteiger partial charge in [0.1, 0.15) is 0 Å². The quantitative estimate of drug-likeness (QED) is 0.262. The summed E-state index contributed by atoms with van der Waals surface area (Å²) in [7, 11) is 0. The lowest BCUT2D eigenvalue weighted by molar-refractivity contribution is -0.154. The lowest BCUT2D eigenvalue weighted by Gasteiger charge is -2.10. The summed E-state index contributed by atoms with van der Waals surface area (Å²) in [5.74, 6) is -1.35. The van der Waals surface area contributed by atoms with Gasteiger partial charge in [0.2, 0.25) is 0 Å². The molecule has 3 nitrogen and oxygen atoms in total. The number of rotatable bonds is 0. The molecule has 0 saturated carbocycles. The minimum atomic E-state index is -0.772. The van der Waals surface area contributed by atoms with Crippen molar-refractivity contribution in [3.63, 3.8) is 0 Å². The Morgan fingerprint density at radius 1 is 1.44 bits per heavy atom. The molecule has 1 rings (SSSR count). The Balaban J connectivity index is 2.74. The van der Waals surface area contributed by atoms with Gasteiger partial charge in [-0.1, -0.05) is 6.58 Å². The van der Waals surface area contributed by atoms with Crippen molar-refractivity contribution in [3.05, 3.63) is 12.2 Å². The molecule has 0 bridgehead atoms. The maximum Gasteiger partial charge on any atom is 0.379 e. The van der Waals surface area contributed by atoms with Crippen molar-refractivity contribution in [2.45, 2.75) is 6.42 Å². The summed E-state index contributed by atoms with van der Waals surface area (Å²) in [5, 5.41) is 0. The highest BCUT2D eigenvalue weighted by molar-refractivity contribution is 6.40. The molecular weight excluding hydrogens is 120 g/mol. The van der Waals surface area contributed by atoms with Crippen molar-refractivity contribution in [2.75, 3.05) is 6.61 Å². The van der Waals surface area contributed by atoms with Gasteiger partial charge in [0.25, 0.3) is 5.78 Å². The van der Waals surface area contributed by atoms with Gasteiger partial charge in [-0.05, 0) is 0 Å². The Kier molecular flexibility index (Phi) is 1.34. The van der Waals surface area contributed by atoms with Gasteiger partial charge < -0.3 is 4.74 Å². The monoisotopic (exact) mass is 126 g/mol. The number of carbonyl (C=O) groups is 2. The van der Waals surface area contributed by atoms with E-state index in [-0.39, 0.29) is 0 Å². The van der Waals surface area contributed by atoms with Gasteiger partial charge in [-0.3, -0.25) is 4.79 Å². The maximum atomic E-state index is 10.6. The molecule has 1 fully saturated rings. The van der Waals surface area contributed by atoms with Crippen molar-refractivity contribution in [2.24, 2.45) is 0 Å². The molecule has 9 heavy (non-hydrogen) atoms. The van der Waals surface area contributed by atoms with Gasteiger partial charge in [0.05, 0.1) is 6.61 Å². The molecular formula is C6H6O3. The molecule has 0 spiro atoms. The van der Waals surface area contributed by atoms with Crippen LogP contribution in [0.15, 0.2) is 12.2 Å². The van der Waals surface area contributed by atoms with Crippen LogP contribution in [0.2, 0.25) is 0 Å². The van der Waals surface area contributed by atoms with Gasteiger partial charge in [-0.2, -0.15) is 0 Å². The molecule has 0 aromatic heterocycles. The second-order valence-electron chi connectivity index (χ2n) is 1.82. The third kappa shape index (κ3) is 0.988. The van der Waals surface area contributed by atoms with E-state index in [0.29, 0.717) is 18.6 Å². The first-order valence-corrected chi connectivity index (χ1v) is 2.61. The lowest BCUT2D eigenvalue weighted by Crippen LogP contribution is -2.25. The topological polar surface area (TPSA) is 43.4 Å². The third-order valence-electron chi connectivity index (χ3n) is 1.14. The number of ether oxygens (including phenoxy) is 1. The zero-order valence-electron chi connectivity index (χ0n) is 4.85. The van der Waals surface area contributed by atoms with Crippen LogP contribution >= 0.6 is 0 Å². The van der Waals surface area contributed by atoms with Gasteiger partial charge >= 0.3 is 5.97 Å². The Morgan fingerprint density at radius 3 is 2.56 bits per heavy atom. The van der Waals surface area contributed by atoms with Gasteiger partial charge in [-0.25, -0.2) is 4.79 Å². The van der Waals surface area contributed by atoms with E-state index >= 15 is 0 Å². The zero-order valence-corrected chi connectivity index (χ0v) is 4.85. The normalized spacial score (nSPS) is 19.8. The summed E-state index contributed by atoms with van der Waals surface area (Å²) in [4.78, 5) is 20.9. The number of ketones is 1. The zero-order chi connectivity index (χ0) is 6.85. The minimum absolute atomic E-state index is 0.295. The largest absolute Gasteiger partial charge is 0.459 e. The smallest absolute Gasteiger partial charge is 0.379 e. The number of cyclic esters (lactones) is 1. The summed E-state index contributed by atoms with van der Waals surface area (Å²) in [6, 6.07) is 0. The first kappa shape index (κ1) is 6.01. The van der Waals surface area contributed by atoms with E-state index in [0.717, 1.165) is 0 Å². The van der Waals surface area contributed by atoms with E-state index < -0.39 is 11.8 Å². The molecule has 0 radical (unpaired) electrons. The molecule has 0 amide bonds. The lowest BCUT2D eigenvalue weighted by atomic mass is 10.1. The highest BCUT2D eigenvalue weighted by Gasteiger charge is 2.23. The van der Waals surface area contributed by atoms with Crippen LogP contribution in [0.4, 0.5) is 0 Å². The number of Topliss-reactive ketones (excluding diaryl/α,β-unsaturated/α-hetero) is 1. The fraction of sp³-hybridized carbons (Fsp3) is 0.333. The van der Waals surface area contributed by atoms with Crippen LogP contribution in [0, 0.1) is 0 Å². The second-order valence-corrected chi connectivity index (χ2v) is 1.82. The Labute approximate surface area is 52.3 Å². The number of hydrogen-bond donors (Lipinski definition) is 0. The predicted molar refractivity (Wildman–Crippen MR) is 29.7 cm³/mol. The molecule has 0 aromatic rings. The van der Waals surface area contributed by atoms with Crippen LogP contribution in [0.25, 0.3) is 0 Å². The molecule has 1 heterocycles. The van der Waals surface area contributed by atoms with Crippen molar-refractivity contribution < 1.29 is 14.3 Å². The van der Waals surface area contributed by atoms with Gasteiger partial charge in [0, 0.05) is 12.0 Å². The summed E-state index contributed by atoms with van der Waals surface area (Å²) in [6.45, 7) is 3.69. The van der Waals surface area contributed by atoms with Crippen LogP contribution in [0.5, 0.6) is 0 Å². The molecule has 1 aliphatic heterocycles. The van der Waals surface area contributed by atoms with E-state index in [1.165, 1.54) is 0 Å². The highest BCUT2D eigenvalue weighted by atomic mass is 16.5. The van der Waals surface area contributed by atoms with E-state index in [2.05, 4.69) is 11.3 Å². The average molecular weight is 126 g/mol. The van der Waals surface area contributed by atoms with Crippen molar-refractivity contribution in [3.8, 4) is 0 Å². The van der Waals surface area contributed by atoms with Crippen molar-refractivity contribution >= 4 is 11.8 Å². The predicted octanol–water partition coefficient (Wildman–Crippen LogP) is 0.0586. The third-order valence-corrected chi connectivity index (χ3v) is 1.14. The van der Waals surface area contributed by atoms with Crippen molar-refractivity contribution in [1.29, 1.82) is 0 Å². The number of esters is 1. The van der Waals surface area contributed by atoms with E-state index in [1.54, 1.807) is 0 Å². The average Bonchev–Trinajstić information content (AvgIpc) is 1.83. The minimum Gasteiger partial charge on any atom is -0.459 e. The molecule has 0 unspecified atom stereocenters. The van der Waals surface area contributed by atoms with Gasteiger partial charge in [0.15, 0.2) is 0 Å². The fourth-order valence-electron chi connectivity index (χ4n) is 0.590. The molecule has 0 aliphatic carbocycles. The molecule has 1 saturated heterocycles. The van der Waals surface area contributed by atoms with Crippen LogP contribution in [-0.2, 0) is 14.3 Å². The fourth-order valence-corrected chi connectivity index (χ4v) is 0.590. The van der Waals surface area contributed by atoms with E-state index in [1.807, 2.05) is 0 Å². The Hall–Kier alpha value is -1.12. The SMILES string of the molecule is C=C1CCOC(=O)C1=O. The molecule has 3 heteroatoms. The molecule has 0 N–H and O–H groups in total. The molecule has 1 aliphatic rings. The van der Waals surface area contributed by atoms with E-state index in [9.17, 15) is 9.59 Å². The number of hydrogen-bond acceptors (Lipinski definition) is 3. The maximum absolute atomic E-state index is 10.6. The Bertz CT molecular complexity index is 163. The second kappa shape index (κ2) is 2.01. The van der Waals surface area contributed by atoms with E-state index in [4.69, 9.17) is 0 Å². The molecule has 0 aromatic carbocycles.